The third-order valence-electron chi connectivity index (χ3n) is 9.24. The third-order valence-corrected chi connectivity index (χ3v) is 9.24. The first-order valence-electron chi connectivity index (χ1n) is 15.3. The largest absolute Gasteiger partial charge is 0.354 e. The number of aromatic nitrogens is 3. The van der Waals surface area contributed by atoms with Crippen LogP contribution in [0.15, 0.2) is 147 Å². The molecule has 1 N–H and O–H groups in total. The predicted molar refractivity (Wildman–Crippen MR) is 193 cm³/mol. The molecule has 3 nitrogen and oxygen atoms in total. The molecule has 0 spiro atoms. The topological polar surface area (TPSA) is 25.6 Å². The van der Waals surface area contributed by atoms with E-state index >= 15 is 0 Å². The van der Waals surface area contributed by atoms with Crippen molar-refractivity contribution in [1.29, 1.82) is 0 Å². The normalized spacial score (nSPS) is 11.7. The van der Waals surface area contributed by atoms with Gasteiger partial charge < -0.3 is 14.1 Å². The van der Waals surface area contributed by atoms with E-state index in [0.717, 1.165) is 50.1 Å². The number of hydrogen-bond acceptors (Lipinski definition) is 0. The highest BCUT2D eigenvalue weighted by Crippen LogP contribution is 2.41. The second-order valence-electron chi connectivity index (χ2n) is 11.6. The Kier molecular flexibility index (Phi) is 5.50. The van der Waals surface area contributed by atoms with Gasteiger partial charge in [-0.15, -0.1) is 0 Å². The summed E-state index contributed by atoms with van der Waals surface area (Å²) in [5.41, 5.74) is 12.6. The number of H-pyrrole nitrogens is 1. The molecule has 0 fully saturated rings. The van der Waals surface area contributed by atoms with Crippen LogP contribution in [0.3, 0.4) is 0 Å². The molecule has 3 heterocycles. The molecule has 0 aliphatic carbocycles. The molecule has 3 aromatic heterocycles. The summed E-state index contributed by atoms with van der Waals surface area (Å²) in [7, 11) is 0. The number of hydrogen-bond donors (Lipinski definition) is 1. The number of nitrogens with zero attached hydrogens (tertiary/aromatic N) is 2. The van der Waals surface area contributed by atoms with E-state index in [4.69, 9.17) is 0 Å². The van der Waals surface area contributed by atoms with E-state index in [1.165, 1.54) is 38.1 Å². The van der Waals surface area contributed by atoms with Gasteiger partial charge >= 0.3 is 0 Å². The molecule has 0 saturated heterocycles. The van der Waals surface area contributed by atoms with Crippen molar-refractivity contribution in [2.75, 3.05) is 0 Å². The molecule has 0 bridgehead atoms. The first-order valence-corrected chi connectivity index (χ1v) is 15.3. The van der Waals surface area contributed by atoms with Gasteiger partial charge in [0, 0.05) is 55.5 Å². The Morgan fingerprint density at radius 2 is 1.27 bits per heavy atom. The van der Waals surface area contributed by atoms with Gasteiger partial charge in [0.2, 0.25) is 0 Å². The lowest BCUT2D eigenvalue weighted by molar-refractivity contribution is 1.13. The molecule has 0 amide bonds. The van der Waals surface area contributed by atoms with Crippen LogP contribution in [0, 0.1) is 0 Å². The van der Waals surface area contributed by atoms with Crippen molar-refractivity contribution < 1.29 is 0 Å². The molecule has 6 aromatic carbocycles. The molecule has 0 aliphatic heterocycles. The lowest BCUT2D eigenvalue weighted by atomic mass is 9.99. The monoisotopic (exact) mass is 575 g/mol. The summed E-state index contributed by atoms with van der Waals surface area (Å²) >= 11 is 0. The van der Waals surface area contributed by atoms with E-state index in [1.807, 2.05) is 12.2 Å². The maximum atomic E-state index is 4.25. The van der Waals surface area contributed by atoms with Crippen LogP contribution >= 0.6 is 0 Å². The summed E-state index contributed by atoms with van der Waals surface area (Å²) in [6.07, 6.45) is 6.09. The van der Waals surface area contributed by atoms with Crippen molar-refractivity contribution in [2.24, 2.45) is 0 Å². The van der Waals surface area contributed by atoms with Gasteiger partial charge in [-0.25, -0.2) is 0 Å². The highest BCUT2D eigenvalue weighted by molar-refractivity contribution is 6.23. The van der Waals surface area contributed by atoms with Crippen molar-refractivity contribution in [2.45, 2.75) is 0 Å². The fraction of sp³-hybridized carbons (Fsp3) is 0. The van der Waals surface area contributed by atoms with Gasteiger partial charge in [0.25, 0.3) is 0 Å². The number of nitrogens with one attached hydrogen (secondary N) is 1. The van der Waals surface area contributed by atoms with E-state index in [9.17, 15) is 0 Å². The van der Waals surface area contributed by atoms with Crippen LogP contribution in [-0.4, -0.2) is 14.1 Å². The summed E-state index contributed by atoms with van der Waals surface area (Å²) in [5.74, 6) is 0. The molecule has 0 radical (unpaired) electrons. The summed E-state index contributed by atoms with van der Waals surface area (Å²) < 4.78 is 4.69. The molecule has 3 heteroatoms. The molecule has 0 aliphatic rings. The molecule has 212 valence electrons. The van der Waals surface area contributed by atoms with E-state index in [-0.39, 0.29) is 0 Å². The Labute approximate surface area is 260 Å². The van der Waals surface area contributed by atoms with Crippen molar-refractivity contribution >= 4 is 66.7 Å². The van der Waals surface area contributed by atoms with Crippen LogP contribution in [0.4, 0.5) is 0 Å². The highest BCUT2D eigenvalue weighted by atomic mass is 15.0. The lowest BCUT2D eigenvalue weighted by Gasteiger charge is -2.11. The van der Waals surface area contributed by atoms with Crippen molar-refractivity contribution in [3.8, 4) is 22.5 Å². The van der Waals surface area contributed by atoms with Crippen molar-refractivity contribution in [3.05, 3.63) is 158 Å². The predicted octanol–water partition coefficient (Wildman–Crippen LogP) is 11.3. The molecular formula is C42H29N3. The standard InChI is InChI=1S/C42H29N3/c1-3-27-17-20-39-41(32(27)4-2)42-35-23-24-44(30-18-19-34-33-15-8-9-16-36(33)43-37(34)26-30)38(35)21-22-40(42)45(39)31-14-10-13-29(25-31)28-11-6-5-7-12-28/h3-26,43H,1-2H2. The molecule has 0 atom stereocenters. The Hall–Kier alpha value is -6.06. The minimum Gasteiger partial charge on any atom is -0.354 e. The van der Waals surface area contributed by atoms with Gasteiger partial charge in [-0.3, -0.25) is 0 Å². The van der Waals surface area contributed by atoms with Crippen LogP contribution in [0.25, 0.3) is 89.2 Å². The van der Waals surface area contributed by atoms with Gasteiger partial charge in [-0.1, -0.05) is 98.1 Å². The second-order valence-corrected chi connectivity index (χ2v) is 11.6. The quantitative estimate of drug-likeness (QED) is 0.211. The summed E-state index contributed by atoms with van der Waals surface area (Å²) in [6, 6.07) is 45.7. The average Bonchev–Trinajstić information content (AvgIpc) is 3.79. The van der Waals surface area contributed by atoms with Crippen molar-refractivity contribution in [3.63, 3.8) is 0 Å². The Balaban J connectivity index is 1.33. The zero-order chi connectivity index (χ0) is 30.1. The van der Waals surface area contributed by atoms with Gasteiger partial charge in [-0.05, 0) is 76.9 Å². The zero-order valence-corrected chi connectivity index (χ0v) is 24.7. The first kappa shape index (κ1) is 25.4. The molecule has 45 heavy (non-hydrogen) atoms. The minimum absolute atomic E-state index is 1.08. The van der Waals surface area contributed by atoms with E-state index in [2.05, 4.69) is 161 Å². The average molecular weight is 576 g/mol. The first-order chi connectivity index (χ1) is 22.2. The fourth-order valence-corrected chi connectivity index (χ4v) is 7.21. The number of fused-ring (bicyclic) bond motifs is 8. The summed E-state index contributed by atoms with van der Waals surface area (Å²) in [6.45, 7) is 8.37. The molecule has 9 rings (SSSR count). The van der Waals surface area contributed by atoms with E-state index < -0.39 is 0 Å². The highest BCUT2D eigenvalue weighted by Gasteiger charge is 2.20. The maximum absolute atomic E-state index is 4.25. The number of benzene rings is 6. The minimum atomic E-state index is 1.08. The Morgan fingerprint density at radius 1 is 0.511 bits per heavy atom. The smallest absolute Gasteiger partial charge is 0.0548 e. The van der Waals surface area contributed by atoms with Crippen LogP contribution in [-0.2, 0) is 0 Å². The zero-order valence-electron chi connectivity index (χ0n) is 24.7. The second kappa shape index (κ2) is 9.73. The number of para-hydroxylation sites is 1. The maximum Gasteiger partial charge on any atom is 0.0548 e. The summed E-state index contributed by atoms with van der Waals surface area (Å²) in [5, 5.41) is 6.10. The Morgan fingerprint density at radius 3 is 2.13 bits per heavy atom. The van der Waals surface area contributed by atoms with Crippen LogP contribution < -0.4 is 0 Å². The third kappa shape index (κ3) is 3.71. The van der Waals surface area contributed by atoms with Crippen molar-refractivity contribution in [1.82, 2.24) is 14.1 Å². The number of rotatable bonds is 5. The van der Waals surface area contributed by atoms with Crippen LogP contribution in [0.5, 0.6) is 0 Å². The fourth-order valence-electron chi connectivity index (χ4n) is 7.21. The number of aromatic amines is 1. The van der Waals surface area contributed by atoms with Gasteiger partial charge in [0.1, 0.15) is 0 Å². The molecular weight excluding hydrogens is 546 g/mol. The SMILES string of the molecule is C=Cc1ccc2c(c1C=C)c1c3ccn(-c4ccc5c(c4)[nH]c4ccccc45)c3ccc1n2-c1cccc(-c2ccccc2)c1. The van der Waals surface area contributed by atoms with Crippen LogP contribution in [0.1, 0.15) is 11.1 Å². The lowest BCUT2D eigenvalue weighted by Crippen LogP contribution is -1.95. The van der Waals surface area contributed by atoms with E-state index in [1.54, 1.807) is 0 Å². The van der Waals surface area contributed by atoms with Gasteiger partial charge in [-0.2, -0.15) is 0 Å². The molecule has 0 unspecified atom stereocenters. The molecule has 0 saturated carbocycles. The van der Waals surface area contributed by atoms with E-state index in [0.29, 0.717) is 0 Å². The van der Waals surface area contributed by atoms with Gasteiger partial charge in [0.15, 0.2) is 0 Å². The van der Waals surface area contributed by atoms with Gasteiger partial charge in [0.05, 0.1) is 16.6 Å². The molecule has 9 aromatic rings. The summed E-state index contributed by atoms with van der Waals surface area (Å²) in [4.78, 5) is 3.61. The Bertz CT molecular complexity index is 2630. The van der Waals surface area contributed by atoms with Crippen LogP contribution in [0.2, 0.25) is 0 Å².